The summed E-state index contributed by atoms with van der Waals surface area (Å²) in [5.41, 5.74) is 0. The molecule has 0 fully saturated rings. The van der Waals surface area contributed by atoms with Gasteiger partial charge in [-0.2, -0.15) is 0 Å². The van der Waals surface area contributed by atoms with E-state index >= 15 is 0 Å². The summed E-state index contributed by atoms with van der Waals surface area (Å²) in [6, 6.07) is -0.601. The van der Waals surface area contributed by atoms with Crippen molar-refractivity contribution in [1.82, 2.24) is 5.32 Å². The number of amides is 1. The van der Waals surface area contributed by atoms with Gasteiger partial charge in [-0.25, -0.2) is 9.59 Å². The van der Waals surface area contributed by atoms with E-state index in [-0.39, 0.29) is 6.61 Å². The molecule has 0 bridgehead atoms. The topological polar surface area (TPSA) is 64.6 Å². The molecule has 0 aliphatic heterocycles. The Hall–Kier alpha value is -1.26. The Labute approximate surface area is 96.5 Å². The molecule has 1 N–H and O–H groups in total. The molecule has 5 heteroatoms. The number of carbonyl (C=O) groups is 2. The standard InChI is InChI=1S/C11H21NO4/c1-4-7-9(10(13)16-8-5-2)12-11(14)15-6-3/h9H,4-8H2,1-3H3,(H,12,14). The summed E-state index contributed by atoms with van der Waals surface area (Å²) < 4.78 is 9.69. The third kappa shape index (κ3) is 6.27. The van der Waals surface area contributed by atoms with Crippen molar-refractivity contribution < 1.29 is 19.1 Å². The fourth-order valence-corrected chi connectivity index (χ4v) is 1.16. The van der Waals surface area contributed by atoms with Crippen LogP contribution in [0.5, 0.6) is 0 Å². The van der Waals surface area contributed by atoms with Gasteiger partial charge in [-0.1, -0.05) is 20.3 Å². The van der Waals surface area contributed by atoms with E-state index in [2.05, 4.69) is 5.32 Å². The van der Waals surface area contributed by atoms with Gasteiger partial charge >= 0.3 is 12.1 Å². The Morgan fingerprint density at radius 3 is 2.31 bits per heavy atom. The smallest absolute Gasteiger partial charge is 0.407 e. The summed E-state index contributed by atoms with van der Waals surface area (Å²) >= 11 is 0. The van der Waals surface area contributed by atoms with Crippen LogP contribution in [0.15, 0.2) is 0 Å². The van der Waals surface area contributed by atoms with Crippen molar-refractivity contribution in [3.63, 3.8) is 0 Å². The molecule has 1 atom stereocenters. The molecule has 0 aromatic heterocycles. The number of ether oxygens (including phenoxy) is 2. The van der Waals surface area contributed by atoms with Crippen LogP contribution in [0.1, 0.15) is 40.0 Å². The summed E-state index contributed by atoms with van der Waals surface area (Å²) in [5, 5.41) is 2.49. The molecular formula is C11H21NO4. The van der Waals surface area contributed by atoms with Crippen LogP contribution in [-0.4, -0.2) is 31.3 Å². The average Bonchev–Trinajstić information content (AvgIpc) is 2.25. The van der Waals surface area contributed by atoms with Crippen LogP contribution in [0.3, 0.4) is 0 Å². The first-order chi connectivity index (χ1) is 7.65. The zero-order chi connectivity index (χ0) is 12.4. The Balaban J connectivity index is 4.13. The van der Waals surface area contributed by atoms with Crippen molar-refractivity contribution in [2.75, 3.05) is 13.2 Å². The minimum absolute atomic E-state index is 0.286. The quantitative estimate of drug-likeness (QED) is 0.679. The van der Waals surface area contributed by atoms with Crippen LogP contribution in [0, 0.1) is 0 Å². The van der Waals surface area contributed by atoms with E-state index in [0.717, 1.165) is 12.8 Å². The molecule has 0 aliphatic rings. The monoisotopic (exact) mass is 231 g/mol. The van der Waals surface area contributed by atoms with Gasteiger partial charge in [-0.15, -0.1) is 0 Å². The number of alkyl carbamates (subject to hydrolysis) is 1. The zero-order valence-electron chi connectivity index (χ0n) is 10.2. The molecule has 0 aromatic rings. The van der Waals surface area contributed by atoms with Crippen molar-refractivity contribution >= 4 is 12.1 Å². The van der Waals surface area contributed by atoms with E-state index < -0.39 is 18.1 Å². The number of esters is 1. The van der Waals surface area contributed by atoms with Crippen molar-refractivity contribution in [2.45, 2.75) is 46.1 Å². The van der Waals surface area contributed by atoms with Crippen LogP contribution in [0.2, 0.25) is 0 Å². The normalized spacial score (nSPS) is 11.7. The highest BCUT2D eigenvalue weighted by atomic mass is 16.6. The lowest BCUT2D eigenvalue weighted by Gasteiger charge is -2.16. The molecule has 0 rings (SSSR count). The lowest BCUT2D eigenvalue weighted by atomic mass is 10.2. The Bertz CT molecular complexity index is 218. The molecule has 0 saturated carbocycles. The molecule has 0 aromatic carbocycles. The first-order valence-electron chi connectivity index (χ1n) is 5.75. The first-order valence-corrected chi connectivity index (χ1v) is 5.75. The molecule has 1 amide bonds. The summed E-state index contributed by atoms with van der Waals surface area (Å²) in [4.78, 5) is 22.7. The predicted octanol–water partition coefficient (Wildman–Crippen LogP) is 1.85. The number of hydrogen-bond acceptors (Lipinski definition) is 4. The number of carbonyl (C=O) groups excluding carboxylic acids is 2. The maximum absolute atomic E-state index is 11.5. The SMILES string of the molecule is CCCOC(=O)C(CCC)NC(=O)OCC. The fourth-order valence-electron chi connectivity index (χ4n) is 1.16. The highest BCUT2D eigenvalue weighted by Gasteiger charge is 2.21. The Morgan fingerprint density at radius 1 is 1.12 bits per heavy atom. The molecule has 1 unspecified atom stereocenters. The highest BCUT2D eigenvalue weighted by Crippen LogP contribution is 2.01. The van der Waals surface area contributed by atoms with Gasteiger partial charge in [0.2, 0.25) is 0 Å². The van der Waals surface area contributed by atoms with Gasteiger partial charge in [0.15, 0.2) is 0 Å². The molecule has 0 saturated heterocycles. The van der Waals surface area contributed by atoms with Gasteiger partial charge < -0.3 is 14.8 Å². The summed E-state index contributed by atoms with van der Waals surface area (Å²) in [7, 11) is 0. The number of hydrogen-bond donors (Lipinski definition) is 1. The summed E-state index contributed by atoms with van der Waals surface area (Å²) in [5.74, 6) is -0.392. The van der Waals surface area contributed by atoms with Crippen molar-refractivity contribution in [1.29, 1.82) is 0 Å². The predicted molar refractivity (Wildman–Crippen MR) is 60.1 cm³/mol. The van der Waals surface area contributed by atoms with Gasteiger partial charge in [0, 0.05) is 0 Å². The van der Waals surface area contributed by atoms with Crippen molar-refractivity contribution in [3.8, 4) is 0 Å². The Morgan fingerprint density at radius 2 is 1.81 bits per heavy atom. The maximum atomic E-state index is 11.5. The van der Waals surface area contributed by atoms with Crippen LogP contribution >= 0.6 is 0 Å². The van der Waals surface area contributed by atoms with Crippen molar-refractivity contribution in [3.05, 3.63) is 0 Å². The van der Waals surface area contributed by atoms with Crippen LogP contribution < -0.4 is 5.32 Å². The van der Waals surface area contributed by atoms with E-state index in [1.54, 1.807) is 6.92 Å². The van der Waals surface area contributed by atoms with Crippen LogP contribution in [-0.2, 0) is 14.3 Å². The lowest BCUT2D eigenvalue weighted by molar-refractivity contribution is -0.146. The van der Waals surface area contributed by atoms with Gasteiger partial charge in [-0.3, -0.25) is 0 Å². The van der Waals surface area contributed by atoms with Crippen LogP contribution in [0.25, 0.3) is 0 Å². The van der Waals surface area contributed by atoms with Crippen molar-refractivity contribution in [2.24, 2.45) is 0 Å². The largest absolute Gasteiger partial charge is 0.464 e. The molecule has 5 nitrogen and oxygen atoms in total. The van der Waals surface area contributed by atoms with E-state index in [0.29, 0.717) is 13.0 Å². The molecule has 94 valence electrons. The maximum Gasteiger partial charge on any atom is 0.407 e. The number of nitrogens with one attached hydrogen (secondary N) is 1. The molecule has 0 spiro atoms. The van der Waals surface area contributed by atoms with E-state index in [1.807, 2.05) is 13.8 Å². The van der Waals surface area contributed by atoms with E-state index in [9.17, 15) is 9.59 Å². The highest BCUT2D eigenvalue weighted by molar-refractivity contribution is 5.81. The van der Waals surface area contributed by atoms with Crippen LogP contribution in [0.4, 0.5) is 4.79 Å². The molecule has 16 heavy (non-hydrogen) atoms. The fraction of sp³-hybridized carbons (Fsp3) is 0.818. The summed E-state index contributed by atoms with van der Waals surface area (Å²) in [6.45, 7) is 6.23. The lowest BCUT2D eigenvalue weighted by Crippen LogP contribution is -2.42. The average molecular weight is 231 g/mol. The zero-order valence-corrected chi connectivity index (χ0v) is 10.2. The van der Waals surface area contributed by atoms with Gasteiger partial charge in [0.05, 0.1) is 13.2 Å². The van der Waals surface area contributed by atoms with E-state index in [1.165, 1.54) is 0 Å². The number of rotatable bonds is 7. The first kappa shape index (κ1) is 14.7. The minimum atomic E-state index is -0.601. The van der Waals surface area contributed by atoms with Gasteiger partial charge in [-0.05, 0) is 19.8 Å². The second-order valence-electron chi connectivity index (χ2n) is 3.37. The second kappa shape index (κ2) is 9.00. The third-order valence-electron chi connectivity index (χ3n) is 1.88. The second-order valence-corrected chi connectivity index (χ2v) is 3.37. The molecule has 0 heterocycles. The minimum Gasteiger partial charge on any atom is -0.464 e. The molecular weight excluding hydrogens is 210 g/mol. The van der Waals surface area contributed by atoms with Gasteiger partial charge in [0.1, 0.15) is 6.04 Å². The third-order valence-corrected chi connectivity index (χ3v) is 1.88. The molecule has 0 aliphatic carbocycles. The van der Waals surface area contributed by atoms with Gasteiger partial charge in [0.25, 0.3) is 0 Å². The van der Waals surface area contributed by atoms with E-state index in [4.69, 9.17) is 9.47 Å². The summed E-state index contributed by atoms with van der Waals surface area (Å²) in [6.07, 6.45) is 1.54. The Kier molecular flexibility index (Phi) is 8.29. The molecule has 0 radical (unpaired) electrons.